The molecule has 0 aromatic carbocycles. The molecular formula is C10H15BBrN. The van der Waals surface area contributed by atoms with Gasteiger partial charge in [-0.1, -0.05) is 20.8 Å². The fraction of sp³-hybridized carbons (Fsp3) is 0.500. The van der Waals surface area contributed by atoms with Crippen molar-refractivity contribution >= 4 is 29.4 Å². The van der Waals surface area contributed by atoms with Crippen molar-refractivity contribution in [2.45, 2.75) is 33.1 Å². The normalized spacial score (nSPS) is 11.8. The highest BCUT2D eigenvalue weighted by Crippen LogP contribution is 2.28. The van der Waals surface area contributed by atoms with Crippen molar-refractivity contribution in [2.24, 2.45) is 0 Å². The minimum absolute atomic E-state index is 0.178. The molecule has 0 fully saturated rings. The van der Waals surface area contributed by atoms with Crippen molar-refractivity contribution in [2.75, 3.05) is 0 Å². The zero-order chi connectivity index (χ0) is 10.2. The highest BCUT2D eigenvalue weighted by atomic mass is 79.9. The van der Waals surface area contributed by atoms with Crippen molar-refractivity contribution in [1.82, 2.24) is 4.98 Å². The zero-order valence-corrected chi connectivity index (χ0v) is 10.5. The Morgan fingerprint density at radius 1 is 1.38 bits per heavy atom. The van der Waals surface area contributed by atoms with Gasteiger partial charge in [0.1, 0.15) is 0 Å². The lowest BCUT2D eigenvalue weighted by molar-refractivity contribution is 0.586. The lowest BCUT2D eigenvalue weighted by atomic mass is 9.85. The van der Waals surface area contributed by atoms with E-state index in [2.05, 4.69) is 47.8 Å². The second kappa shape index (κ2) is 3.45. The van der Waals surface area contributed by atoms with Gasteiger partial charge >= 0.3 is 0 Å². The number of aromatic nitrogens is 1. The summed E-state index contributed by atoms with van der Waals surface area (Å²) in [6.07, 6.45) is 0. The molecule has 1 rings (SSSR count). The van der Waals surface area contributed by atoms with Crippen LogP contribution in [0.3, 0.4) is 0 Å². The van der Waals surface area contributed by atoms with Crippen LogP contribution in [0.5, 0.6) is 0 Å². The number of halogens is 1. The summed E-state index contributed by atoms with van der Waals surface area (Å²) in [4.78, 5) is 4.40. The summed E-state index contributed by atoms with van der Waals surface area (Å²) in [6.45, 7) is 8.68. The van der Waals surface area contributed by atoms with Crippen molar-refractivity contribution < 1.29 is 0 Å². The van der Waals surface area contributed by atoms with Crippen LogP contribution in [-0.4, -0.2) is 12.8 Å². The van der Waals surface area contributed by atoms with Gasteiger partial charge < -0.3 is 0 Å². The maximum Gasteiger partial charge on any atom is 0.165 e. The van der Waals surface area contributed by atoms with E-state index in [0.29, 0.717) is 0 Å². The Morgan fingerprint density at radius 3 is 2.38 bits per heavy atom. The molecule has 0 atom stereocenters. The smallest absolute Gasteiger partial charge is 0.165 e. The van der Waals surface area contributed by atoms with Crippen LogP contribution in [-0.2, 0) is 5.41 Å². The first-order valence-electron chi connectivity index (χ1n) is 4.46. The summed E-state index contributed by atoms with van der Waals surface area (Å²) in [5, 5.41) is 0. The molecule has 0 unspecified atom stereocenters. The van der Waals surface area contributed by atoms with Crippen LogP contribution in [0.4, 0.5) is 0 Å². The predicted molar refractivity (Wildman–Crippen MR) is 63.6 cm³/mol. The van der Waals surface area contributed by atoms with Gasteiger partial charge in [0.2, 0.25) is 0 Å². The van der Waals surface area contributed by atoms with Gasteiger partial charge in [-0.3, -0.25) is 4.98 Å². The first-order valence-corrected chi connectivity index (χ1v) is 5.26. The molecule has 0 bridgehead atoms. The lowest BCUT2D eigenvalue weighted by Gasteiger charge is -2.22. The fourth-order valence-corrected chi connectivity index (χ4v) is 2.16. The van der Waals surface area contributed by atoms with E-state index in [9.17, 15) is 0 Å². The van der Waals surface area contributed by atoms with E-state index in [-0.39, 0.29) is 5.41 Å². The molecule has 3 heteroatoms. The van der Waals surface area contributed by atoms with Crippen LogP contribution >= 0.6 is 15.9 Å². The molecule has 0 radical (unpaired) electrons. The van der Waals surface area contributed by atoms with E-state index in [1.807, 2.05) is 14.8 Å². The van der Waals surface area contributed by atoms with Gasteiger partial charge in [-0.15, -0.1) is 0 Å². The maximum absolute atomic E-state index is 4.40. The average molecular weight is 240 g/mol. The number of hydrogen-bond acceptors (Lipinski definition) is 1. The summed E-state index contributed by atoms with van der Waals surface area (Å²) < 4.78 is 1.14. The van der Waals surface area contributed by atoms with Crippen LogP contribution in [0.15, 0.2) is 10.5 Å². The molecule has 0 aliphatic heterocycles. The second-order valence-electron chi connectivity index (χ2n) is 4.46. The largest absolute Gasteiger partial charge is 0.268 e. The standard InChI is InChI=1S/C10H15BBrN/c1-6-5-7(10(2,3)4)8(12)9(11)13-6/h5H,11H2,1-4H3. The van der Waals surface area contributed by atoms with E-state index in [1.54, 1.807) is 0 Å². The third-order valence-corrected chi connectivity index (χ3v) is 3.06. The molecule has 0 amide bonds. The Morgan fingerprint density at radius 2 is 1.92 bits per heavy atom. The molecule has 0 spiro atoms. The SMILES string of the molecule is Bc1nc(C)cc(C(C)(C)C)c1Br. The summed E-state index contributed by atoms with van der Waals surface area (Å²) >= 11 is 3.59. The quantitative estimate of drug-likeness (QED) is 0.629. The number of rotatable bonds is 0. The van der Waals surface area contributed by atoms with Crippen molar-refractivity contribution in [3.05, 3.63) is 21.8 Å². The molecule has 1 aromatic rings. The van der Waals surface area contributed by atoms with Crippen molar-refractivity contribution in [1.29, 1.82) is 0 Å². The zero-order valence-electron chi connectivity index (χ0n) is 8.90. The Hall–Kier alpha value is -0.305. The molecule has 0 aliphatic carbocycles. The Labute approximate surface area is 89.5 Å². The Kier molecular flexibility index (Phi) is 2.86. The van der Waals surface area contributed by atoms with Crippen LogP contribution in [0, 0.1) is 6.92 Å². The molecule has 1 nitrogen and oxygen atoms in total. The summed E-state index contributed by atoms with van der Waals surface area (Å²) in [6, 6.07) is 2.15. The van der Waals surface area contributed by atoms with Crippen molar-refractivity contribution in [3.63, 3.8) is 0 Å². The molecule has 0 saturated carbocycles. The van der Waals surface area contributed by atoms with Gasteiger partial charge in [-0.2, -0.15) is 0 Å². The number of hydrogen-bond donors (Lipinski definition) is 0. The fourth-order valence-electron chi connectivity index (χ4n) is 1.36. The van der Waals surface area contributed by atoms with Crippen LogP contribution in [0.2, 0.25) is 0 Å². The lowest BCUT2D eigenvalue weighted by Crippen LogP contribution is -2.20. The monoisotopic (exact) mass is 239 g/mol. The highest BCUT2D eigenvalue weighted by Gasteiger charge is 2.18. The average Bonchev–Trinajstić information content (AvgIpc) is 1.94. The molecule has 13 heavy (non-hydrogen) atoms. The van der Waals surface area contributed by atoms with E-state index in [0.717, 1.165) is 15.8 Å². The molecule has 0 saturated heterocycles. The first kappa shape index (κ1) is 10.8. The maximum atomic E-state index is 4.40. The van der Waals surface area contributed by atoms with Crippen LogP contribution in [0.1, 0.15) is 32.0 Å². The molecular weight excluding hydrogens is 225 g/mol. The summed E-state index contributed by atoms with van der Waals surface area (Å²) in [5.74, 6) is 0. The van der Waals surface area contributed by atoms with Gasteiger partial charge in [0, 0.05) is 15.8 Å². The third kappa shape index (κ3) is 2.34. The minimum atomic E-state index is 0.178. The van der Waals surface area contributed by atoms with Gasteiger partial charge in [-0.25, -0.2) is 0 Å². The number of aryl methyl sites for hydroxylation is 1. The first-order chi connectivity index (χ1) is 5.82. The molecule has 0 N–H and O–H groups in total. The van der Waals surface area contributed by atoms with E-state index < -0.39 is 0 Å². The second-order valence-corrected chi connectivity index (χ2v) is 5.25. The molecule has 1 aromatic heterocycles. The predicted octanol–water partition coefficient (Wildman–Crippen LogP) is 1.71. The molecule has 70 valence electrons. The van der Waals surface area contributed by atoms with Crippen molar-refractivity contribution in [3.8, 4) is 0 Å². The van der Waals surface area contributed by atoms with Crippen LogP contribution < -0.4 is 5.59 Å². The number of nitrogens with zero attached hydrogens (tertiary/aromatic N) is 1. The number of pyridine rings is 1. The van der Waals surface area contributed by atoms with Gasteiger partial charge in [-0.05, 0) is 39.9 Å². The van der Waals surface area contributed by atoms with E-state index in [1.165, 1.54) is 5.56 Å². The molecule has 0 aliphatic rings. The van der Waals surface area contributed by atoms with Gasteiger partial charge in [0.25, 0.3) is 0 Å². The Bertz CT molecular complexity index is 328. The highest BCUT2D eigenvalue weighted by molar-refractivity contribution is 9.10. The van der Waals surface area contributed by atoms with Gasteiger partial charge in [0.15, 0.2) is 7.85 Å². The minimum Gasteiger partial charge on any atom is -0.268 e. The van der Waals surface area contributed by atoms with Crippen LogP contribution in [0.25, 0.3) is 0 Å². The van der Waals surface area contributed by atoms with Gasteiger partial charge in [0.05, 0.1) is 0 Å². The molecule has 1 heterocycles. The summed E-state index contributed by atoms with van der Waals surface area (Å²) in [5.41, 5.74) is 3.67. The van der Waals surface area contributed by atoms with E-state index >= 15 is 0 Å². The third-order valence-electron chi connectivity index (χ3n) is 2.06. The summed E-state index contributed by atoms with van der Waals surface area (Å²) in [7, 11) is 2.03. The Balaban J connectivity index is 3.37. The van der Waals surface area contributed by atoms with E-state index in [4.69, 9.17) is 0 Å². The topological polar surface area (TPSA) is 12.9 Å².